The largest absolute Gasteiger partial charge is 0.482 e. The number of carbonyl (C=O) groups excluding carboxylic acids is 2. The molecule has 0 heterocycles. The van der Waals surface area contributed by atoms with Gasteiger partial charge in [-0.05, 0) is 49.7 Å². The van der Waals surface area contributed by atoms with Crippen LogP contribution >= 0.6 is 27.5 Å². The second kappa shape index (κ2) is 8.87. The molecule has 1 N–H and O–H groups in total. The molecule has 0 aliphatic carbocycles. The van der Waals surface area contributed by atoms with Crippen molar-refractivity contribution in [3.05, 3.63) is 57.0 Å². The van der Waals surface area contributed by atoms with Crippen molar-refractivity contribution in [2.24, 2.45) is 0 Å². The summed E-state index contributed by atoms with van der Waals surface area (Å²) in [7, 11) is 0. The molecule has 0 radical (unpaired) electrons. The molecule has 0 aliphatic rings. The van der Waals surface area contributed by atoms with Gasteiger partial charge in [-0.15, -0.1) is 0 Å². The van der Waals surface area contributed by atoms with Crippen LogP contribution in [0.25, 0.3) is 0 Å². The molecular formula is C18H17BrClNO4. The lowest BCUT2D eigenvalue weighted by molar-refractivity contribution is -0.118. The maximum atomic E-state index is 12.1. The number of rotatable bonds is 6. The van der Waals surface area contributed by atoms with E-state index in [1.807, 2.05) is 6.92 Å². The Bertz CT molecular complexity index is 795. The summed E-state index contributed by atoms with van der Waals surface area (Å²) >= 11 is 9.35. The fourth-order valence-electron chi connectivity index (χ4n) is 2.02. The van der Waals surface area contributed by atoms with Gasteiger partial charge in [-0.25, -0.2) is 4.79 Å². The van der Waals surface area contributed by atoms with E-state index in [0.717, 1.165) is 10.0 Å². The zero-order chi connectivity index (χ0) is 18.4. The third kappa shape index (κ3) is 5.47. The lowest BCUT2D eigenvalue weighted by Crippen LogP contribution is -2.21. The zero-order valence-corrected chi connectivity index (χ0v) is 16.1. The van der Waals surface area contributed by atoms with Crippen LogP contribution in [0.15, 0.2) is 40.9 Å². The monoisotopic (exact) mass is 425 g/mol. The summed E-state index contributed by atoms with van der Waals surface area (Å²) < 4.78 is 11.2. The molecule has 2 aromatic carbocycles. The van der Waals surface area contributed by atoms with Crippen molar-refractivity contribution in [3.63, 3.8) is 0 Å². The highest BCUT2D eigenvalue weighted by Crippen LogP contribution is 2.27. The second-order valence-electron chi connectivity index (χ2n) is 5.16. The van der Waals surface area contributed by atoms with Crippen LogP contribution in [0.2, 0.25) is 5.02 Å². The van der Waals surface area contributed by atoms with Gasteiger partial charge in [0.2, 0.25) is 0 Å². The molecule has 0 spiro atoms. The Morgan fingerprint density at radius 1 is 1.20 bits per heavy atom. The number of amides is 1. The molecule has 1 amide bonds. The third-order valence-electron chi connectivity index (χ3n) is 3.28. The van der Waals surface area contributed by atoms with E-state index in [2.05, 4.69) is 21.2 Å². The van der Waals surface area contributed by atoms with E-state index in [9.17, 15) is 9.59 Å². The predicted octanol–water partition coefficient (Wildman–Crippen LogP) is 4.61. The molecular weight excluding hydrogens is 410 g/mol. The maximum absolute atomic E-state index is 12.1. The zero-order valence-electron chi connectivity index (χ0n) is 13.8. The van der Waals surface area contributed by atoms with Crippen LogP contribution in [0, 0.1) is 6.92 Å². The molecule has 0 aliphatic heterocycles. The van der Waals surface area contributed by atoms with Gasteiger partial charge in [0.25, 0.3) is 5.91 Å². The summed E-state index contributed by atoms with van der Waals surface area (Å²) in [6, 6.07) is 10.1. The molecule has 132 valence electrons. The molecule has 2 rings (SSSR count). The standard InChI is InChI=1S/C18H17BrClNO4/c1-3-24-18(23)12-5-4-11(2)15(8-12)21-17(22)10-25-16-7-6-13(19)9-14(16)20/h4-9H,3,10H2,1-2H3,(H,21,22). The minimum atomic E-state index is -0.434. The summed E-state index contributed by atoms with van der Waals surface area (Å²) in [4.78, 5) is 23.9. The second-order valence-corrected chi connectivity index (χ2v) is 6.48. The molecule has 0 saturated heterocycles. The maximum Gasteiger partial charge on any atom is 0.338 e. The van der Waals surface area contributed by atoms with Crippen LogP contribution in [0.1, 0.15) is 22.8 Å². The van der Waals surface area contributed by atoms with Gasteiger partial charge >= 0.3 is 5.97 Å². The fraction of sp³-hybridized carbons (Fsp3) is 0.222. The van der Waals surface area contributed by atoms with Crippen molar-refractivity contribution in [1.29, 1.82) is 0 Å². The number of anilines is 1. The molecule has 0 atom stereocenters. The van der Waals surface area contributed by atoms with E-state index < -0.39 is 5.97 Å². The average molecular weight is 427 g/mol. The van der Waals surface area contributed by atoms with Crippen LogP contribution in [0.5, 0.6) is 5.75 Å². The van der Waals surface area contributed by atoms with Crippen molar-refractivity contribution >= 4 is 45.1 Å². The van der Waals surface area contributed by atoms with Gasteiger partial charge in [-0.3, -0.25) is 4.79 Å². The van der Waals surface area contributed by atoms with Gasteiger partial charge in [-0.2, -0.15) is 0 Å². The Labute approximate surface area is 159 Å². The Morgan fingerprint density at radius 2 is 1.96 bits per heavy atom. The number of nitrogens with one attached hydrogen (secondary N) is 1. The van der Waals surface area contributed by atoms with E-state index in [-0.39, 0.29) is 19.1 Å². The first-order valence-electron chi connectivity index (χ1n) is 7.56. The average Bonchev–Trinajstić information content (AvgIpc) is 2.56. The number of carbonyl (C=O) groups is 2. The number of hydrogen-bond donors (Lipinski definition) is 1. The molecule has 0 fully saturated rings. The van der Waals surface area contributed by atoms with E-state index >= 15 is 0 Å². The van der Waals surface area contributed by atoms with Gasteiger partial charge in [0.15, 0.2) is 6.61 Å². The summed E-state index contributed by atoms with van der Waals surface area (Å²) in [5, 5.41) is 3.13. The normalized spacial score (nSPS) is 10.2. The summed E-state index contributed by atoms with van der Waals surface area (Å²) in [5.41, 5.74) is 1.73. The van der Waals surface area contributed by atoms with Gasteiger partial charge < -0.3 is 14.8 Å². The SMILES string of the molecule is CCOC(=O)c1ccc(C)c(NC(=O)COc2ccc(Br)cc2Cl)c1. The van der Waals surface area contributed by atoms with Crippen LogP contribution in [-0.2, 0) is 9.53 Å². The lowest BCUT2D eigenvalue weighted by Gasteiger charge is -2.12. The highest BCUT2D eigenvalue weighted by atomic mass is 79.9. The van der Waals surface area contributed by atoms with E-state index in [1.165, 1.54) is 0 Å². The van der Waals surface area contributed by atoms with Crippen LogP contribution in [-0.4, -0.2) is 25.1 Å². The number of hydrogen-bond acceptors (Lipinski definition) is 4. The van der Waals surface area contributed by atoms with Gasteiger partial charge in [0.05, 0.1) is 17.2 Å². The van der Waals surface area contributed by atoms with Crippen molar-refractivity contribution in [3.8, 4) is 5.75 Å². The van der Waals surface area contributed by atoms with Gasteiger partial charge in [0, 0.05) is 10.2 Å². The Kier molecular flexibility index (Phi) is 6.84. The molecule has 0 bridgehead atoms. The Morgan fingerprint density at radius 3 is 2.64 bits per heavy atom. The van der Waals surface area contributed by atoms with Crippen LogP contribution in [0.4, 0.5) is 5.69 Å². The molecule has 0 saturated carbocycles. The first-order valence-corrected chi connectivity index (χ1v) is 8.73. The number of esters is 1. The van der Waals surface area contributed by atoms with Gasteiger partial charge in [0.1, 0.15) is 5.75 Å². The van der Waals surface area contributed by atoms with Crippen LogP contribution in [0.3, 0.4) is 0 Å². The van der Waals surface area contributed by atoms with Crippen LogP contribution < -0.4 is 10.1 Å². The van der Waals surface area contributed by atoms with Crippen molar-refractivity contribution < 1.29 is 19.1 Å². The summed E-state index contributed by atoms with van der Waals surface area (Å²) in [5.74, 6) is -0.379. The van der Waals surface area contributed by atoms with E-state index in [0.29, 0.717) is 22.0 Å². The van der Waals surface area contributed by atoms with Gasteiger partial charge in [-0.1, -0.05) is 33.6 Å². The topological polar surface area (TPSA) is 64.6 Å². The summed E-state index contributed by atoms with van der Waals surface area (Å²) in [6.07, 6.45) is 0. The molecule has 25 heavy (non-hydrogen) atoms. The lowest BCUT2D eigenvalue weighted by atomic mass is 10.1. The summed E-state index contributed by atoms with van der Waals surface area (Å²) in [6.45, 7) is 3.65. The third-order valence-corrected chi connectivity index (χ3v) is 4.06. The molecule has 7 heteroatoms. The minimum Gasteiger partial charge on any atom is -0.482 e. The van der Waals surface area contributed by atoms with E-state index in [1.54, 1.807) is 43.3 Å². The Hall–Kier alpha value is -2.05. The highest BCUT2D eigenvalue weighted by molar-refractivity contribution is 9.10. The smallest absolute Gasteiger partial charge is 0.338 e. The highest BCUT2D eigenvalue weighted by Gasteiger charge is 2.12. The first kappa shape index (κ1) is 19.3. The van der Waals surface area contributed by atoms with Crippen molar-refractivity contribution in [1.82, 2.24) is 0 Å². The predicted molar refractivity (Wildman–Crippen MR) is 100 cm³/mol. The number of aryl methyl sites for hydroxylation is 1. The number of halogens is 2. The molecule has 5 nitrogen and oxygen atoms in total. The quantitative estimate of drug-likeness (QED) is 0.685. The fourth-order valence-corrected chi connectivity index (χ4v) is 2.75. The molecule has 0 aromatic heterocycles. The first-order chi connectivity index (χ1) is 11.9. The molecule has 0 unspecified atom stereocenters. The van der Waals surface area contributed by atoms with E-state index in [4.69, 9.17) is 21.1 Å². The van der Waals surface area contributed by atoms with Crippen molar-refractivity contribution in [2.75, 3.05) is 18.5 Å². The number of benzene rings is 2. The molecule has 2 aromatic rings. The van der Waals surface area contributed by atoms with Crippen molar-refractivity contribution in [2.45, 2.75) is 13.8 Å². The minimum absolute atomic E-state index is 0.204. The Balaban J connectivity index is 2.02. The number of ether oxygens (including phenoxy) is 2.